The van der Waals surface area contributed by atoms with Crippen molar-refractivity contribution in [2.24, 2.45) is 0 Å². The topological polar surface area (TPSA) is 97.6 Å². The molecule has 0 radical (unpaired) electrons. The van der Waals surface area contributed by atoms with E-state index in [4.69, 9.17) is 9.84 Å². The van der Waals surface area contributed by atoms with Crippen LogP contribution in [0.3, 0.4) is 0 Å². The van der Waals surface area contributed by atoms with Crippen LogP contribution in [0.4, 0.5) is 4.39 Å². The molecule has 236 valence electrons. The lowest BCUT2D eigenvalue weighted by Crippen LogP contribution is -2.59. The van der Waals surface area contributed by atoms with Gasteiger partial charge in [0.25, 0.3) is 5.91 Å². The largest absolute Gasteiger partial charge is 0.491 e. The summed E-state index contributed by atoms with van der Waals surface area (Å²) in [6.07, 6.45) is 10.3. The number of carboxylic acids is 1. The minimum atomic E-state index is -1.02. The molecule has 2 heterocycles. The molecule has 0 spiro atoms. The van der Waals surface area contributed by atoms with Gasteiger partial charge in [-0.05, 0) is 85.1 Å². The van der Waals surface area contributed by atoms with Crippen molar-refractivity contribution in [1.29, 1.82) is 0 Å². The van der Waals surface area contributed by atoms with Crippen LogP contribution >= 0.6 is 0 Å². The molecule has 1 aliphatic heterocycles. The number of nitrogens with zero attached hydrogens (tertiary/aromatic N) is 1. The molecule has 3 aromatic carbocycles. The zero-order valence-electron chi connectivity index (χ0n) is 25.7. The lowest BCUT2D eigenvalue weighted by Gasteiger charge is -2.41. The number of Topliss-reactive ketones (excluding diaryl/α,β-unsaturated/α-hetero) is 1. The second kappa shape index (κ2) is 12.2. The molecular weight excluding hydrogens is 583 g/mol. The predicted molar refractivity (Wildman–Crippen MR) is 175 cm³/mol. The summed E-state index contributed by atoms with van der Waals surface area (Å²) < 4.78 is 23.7. The van der Waals surface area contributed by atoms with Crippen molar-refractivity contribution in [2.45, 2.75) is 75.8 Å². The zero-order valence-corrected chi connectivity index (χ0v) is 25.7. The van der Waals surface area contributed by atoms with E-state index in [1.54, 1.807) is 18.2 Å². The Morgan fingerprint density at radius 2 is 1.78 bits per heavy atom. The average molecular weight is 621 g/mol. The van der Waals surface area contributed by atoms with Crippen LogP contribution in [0.15, 0.2) is 66.7 Å². The fourth-order valence-electron chi connectivity index (χ4n) is 7.49. The van der Waals surface area contributed by atoms with Crippen molar-refractivity contribution < 1.29 is 28.6 Å². The molecule has 2 aliphatic carbocycles. The van der Waals surface area contributed by atoms with Crippen molar-refractivity contribution in [3.05, 3.63) is 94.8 Å². The first-order valence-electron chi connectivity index (χ1n) is 16.3. The molecule has 2 fully saturated rings. The van der Waals surface area contributed by atoms with Crippen LogP contribution in [-0.4, -0.2) is 39.5 Å². The van der Waals surface area contributed by atoms with Gasteiger partial charge < -0.3 is 19.7 Å². The average Bonchev–Trinajstić information content (AvgIpc) is 3.22. The Kier molecular flexibility index (Phi) is 7.97. The third-order valence-electron chi connectivity index (χ3n) is 10.0. The number of benzene rings is 3. The quantitative estimate of drug-likeness (QED) is 0.200. The fourth-order valence-corrected chi connectivity index (χ4v) is 7.49. The summed E-state index contributed by atoms with van der Waals surface area (Å²) in [5.74, 6) is -0.816. The zero-order chi connectivity index (χ0) is 31.8. The third-order valence-corrected chi connectivity index (χ3v) is 10.0. The maximum absolute atomic E-state index is 15.5. The van der Waals surface area contributed by atoms with Gasteiger partial charge in [0.1, 0.15) is 18.2 Å². The van der Waals surface area contributed by atoms with Crippen LogP contribution < -0.4 is 10.1 Å². The van der Waals surface area contributed by atoms with Crippen LogP contribution in [0.1, 0.15) is 84.3 Å². The summed E-state index contributed by atoms with van der Waals surface area (Å²) in [4.78, 5) is 38.2. The van der Waals surface area contributed by atoms with E-state index in [9.17, 15) is 14.4 Å². The van der Waals surface area contributed by atoms with Crippen LogP contribution in [0, 0.1) is 5.82 Å². The number of ketones is 1. The number of ether oxygens (including phenoxy) is 1. The second-order valence-electron chi connectivity index (χ2n) is 12.8. The van der Waals surface area contributed by atoms with Gasteiger partial charge in [-0.25, -0.2) is 9.18 Å². The highest BCUT2D eigenvalue weighted by Gasteiger charge is 2.45. The normalized spacial score (nSPS) is 17.4. The molecule has 4 aromatic rings. The first kappa shape index (κ1) is 30.0. The Bertz CT molecular complexity index is 1860. The minimum Gasteiger partial charge on any atom is -0.491 e. The number of halogens is 1. The van der Waals surface area contributed by atoms with Crippen molar-refractivity contribution in [3.63, 3.8) is 0 Å². The third kappa shape index (κ3) is 5.50. The van der Waals surface area contributed by atoms with Gasteiger partial charge in [0.2, 0.25) is 0 Å². The molecule has 7 rings (SSSR count). The van der Waals surface area contributed by atoms with Gasteiger partial charge in [0, 0.05) is 29.0 Å². The number of carbonyl (C=O) groups is 3. The first-order chi connectivity index (χ1) is 22.3. The monoisotopic (exact) mass is 620 g/mol. The van der Waals surface area contributed by atoms with Crippen LogP contribution in [0.25, 0.3) is 28.2 Å². The number of aliphatic carboxylic acids is 1. The van der Waals surface area contributed by atoms with E-state index >= 15 is 4.39 Å². The number of fused-ring (bicyclic) bond motifs is 5. The molecule has 1 aromatic heterocycles. The summed E-state index contributed by atoms with van der Waals surface area (Å²) in [6.45, 7) is 0.924. The highest BCUT2D eigenvalue weighted by Crippen LogP contribution is 2.48. The van der Waals surface area contributed by atoms with Gasteiger partial charge in [-0.15, -0.1) is 0 Å². The highest BCUT2D eigenvalue weighted by molar-refractivity contribution is 6.04. The lowest BCUT2D eigenvalue weighted by molar-refractivity contribution is -0.131. The molecule has 8 heteroatoms. The number of rotatable bonds is 8. The van der Waals surface area contributed by atoms with Gasteiger partial charge in [-0.2, -0.15) is 0 Å². The summed E-state index contributed by atoms with van der Waals surface area (Å²) >= 11 is 0. The molecule has 0 bridgehead atoms. The number of carbonyl (C=O) groups excluding carboxylic acids is 2. The van der Waals surface area contributed by atoms with Crippen LogP contribution in [-0.2, 0) is 22.6 Å². The standard InChI is InChI=1S/C38H37FN2O5/c39-29-8-4-9-31-35(29)36-34(26-6-2-1-3-7-26)28-16-15-27(23-30(28)41(36)20-21-46-31)37(45)40-38(18-5-19-38)32(42)22-25-12-10-24(11-13-25)14-17-33(43)44/h4,8-17,23,26H,1-3,5-7,18-22H2,(H,40,45)(H,43,44)/b17-14+. The molecule has 7 nitrogen and oxygen atoms in total. The number of hydrogen-bond acceptors (Lipinski definition) is 4. The van der Waals surface area contributed by atoms with E-state index in [-0.39, 0.29) is 23.9 Å². The van der Waals surface area contributed by atoms with Gasteiger partial charge >= 0.3 is 5.97 Å². The van der Waals surface area contributed by atoms with E-state index in [2.05, 4.69) is 9.88 Å². The molecular formula is C38H37FN2O5. The molecule has 1 amide bonds. The fraction of sp³-hybridized carbons (Fsp3) is 0.342. The molecule has 2 saturated carbocycles. The molecule has 3 aliphatic rings. The smallest absolute Gasteiger partial charge is 0.328 e. The summed E-state index contributed by atoms with van der Waals surface area (Å²) in [5, 5.41) is 13.0. The summed E-state index contributed by atoms with van der Waals surface area (Å²) in [6, 6.07) is 17.9. The maximum atomic E-state index is 15.5. The molecule has 0 atom stereocenters. The molecule has 2 N–H and O–H groups in total. The Morgan fingerprint density at radius 1 is 1.00 bits per heavy atom. The molecule has 0 saturated heterocycles. The lowest BCUT2D eigenvalue weighted by atomic mass is 9.72. The number of hydrogen-bond donors (Lipinski definition) is 2. The predicted octanol–water partition coefficient (Wildman–Crippen LogP) is 7.45. The number of aromatic nitrogens is 1. The van der Waals surface area contributed by atoms with Crippen molar-refractivity contribution in [1.82, 2.24) is 9.88 Å². The van der Waals surface area contributed by atoms with Gasteiger partial charge in [-0.3, -0.25) is 9.59 Å². The molecule has 46 heavy (non-hydrogen) atoms. The Morgan fingerprint density at radius 3 is 2.50 bits per heavy atom. The van der Waals surface area contributed by atoms with Gasteiger partial charge in [0.15, 0.2) is 5.78 Å². The van der Waals surface area contributed by atoms with Crippen LogP contribution in [0.5, 0.6) is 5.75 Å². The Hall–Kier alpha value is -4.72. The summed E-state index contributed by atoms with van der Waals surface area (Å²) in [7, 11) is 0. The van der Waals surface area contributed by atoms with E-state index < -0.39 is 11.5 Å². The SMILES string of the molecule is O=C(O)/C=C/c1ccc(CC(=O)C2(NC(=O)c3ccc4c(C5CCCCC5)c5n(c4c3)CCOc3cccc(F)c3-5)CCC2)cc1. The summed E-state index contributed by atoms with van der Waals surface area (Å²) in [5.41, 5.74) is 4.47. The number of carboxylic acid groups (broad SMARTS) is 1. The minimum absolute atomic E-state index is 0.0395. The van der Waals surface area contributed by atoms with E-state index in [0.717, 1.165) is 71.5 Å². The van der Waals surface area contributed by atoms with Crippen molar-refractivity contribution in [3.8, 4) is 17.0 Å². The Labute approximate surface area is 267 Å². The van der Waals surface area contributed by atoms with Gasteiger partial charge in [-0.1, -0.05) is 55.7 Å². The van der Waals surface area contributed by atoms with Crippen LogP contribution in [0.2, 0.25) is 0 Å². The number of amides is 1. The van der Waals surface area contributed by atoms with E-state index in [1.165, 1.54) is 18.6 Å². The highest BCUT2D eigenvalue weighted by atomic mass is 19.1. The van der Waals surface area contributed by atoms with Crippen molar-refractivity contribution >= 4 is 34.6 Å². The second-order valence-corrected chi connectivity index (χ2v) is 12.8. The maximum Gasteiger partial charge on any atom is 0.328 e. The Balaban J connectivity index is 1.19. The number of nitrogens with one attached hydrogen (secondary N) is 1. The van der Waals surface area contributed by atoms with Gasteiger partial charge in [0.05, 0.1) is 23.3 Å². The van der Waals surface area contributed by atoms with E-state index in [0.29, 0.717) is 48.8 Å². The van der Waals surface area contributed by atoms with Crippen molar-refractivity contribution in [2.75, 3.05) is 6.61 Å². The first-order valence-corrected chi connectivity index (χ1v) is 16.3. The molecule has 0 unspecified atom stereocenters. The van der Waals surface area contributed by atoms with E-state index in [1.807, 2.05) is 36.4 Å².